The molecule has 34 heavy (non-hydrogen) atoms. The number of pyridine rings is 1. The van der Waals surface area contributed by atoms with Crippen LogP contribution >= 0.6 is 0 Å². The highest BCUT2D eigenvalue weighted by Crippen LogP contribution is 2.53. The molecule has 0 radical (unpaired) electrons. The topological polar surface area (TPSA) is 66.6 Å². The Bertz CT molecular complexity index is 1490. The second-order valence-corrected chi connectivity index (χ2v) is 11.4. The van der Waals surface area contributed by atoms with Gasteiger partial charge in [-0.15, -0.1) is 0 Å². The van der Waals surface area contributed by atoms with E-state index in [-0.39, 0.29) is 5.75 Å². The number of hydrogen-bond acceptors (Lipinski definition) is 5. The first-order valence-corrected chi connectivity index (χ1v) is 12.1. The first-order valence-electron chi connectivity index (χ1n) is 12.1. The number of rotatable bonds is 3. The van der Waals surface area contributed by atoms with E-state index in [1.165, 1.54) is 12.8 Å². The largest absolute Gasteiger partial charge is 0.507 e. The van der Waals surface area contributed by atoms with Crippen LogP contribution in [0.2, 0.25) is 0 Å². The van der Waals surface area contributed by atoms with Crippen LogP contribution in [0.1, 0.15) is 45.6 Å². The molecule has 5 heteroatoms. The van der Waals surface area contributed by atoms with Gasteiger partial charge in [0.15, 0.2) is 0 Å². The van der Waals surface area contributed by atoms with Gasteiger partial charge in [-0.2, -0.15) is 0 Å². The zero-order valence-electron chi connectivity index (χ0n) is 20.0. The summed E-state index contributed by atoms with van der Waals surface area (Å²) in [6, 6.07) is 17.5. The molecule has 2 atom stereocenters. The van der Waals surface area contributed by atoms with E-state index >= 15 is 0 Å². The van der Waals surface area contributed by atoms with E-state index in [0.717, 1.165) is 29.3 Å². The Morgan fingerprint density at radius 3 is 2.71 bits per heavy atom. The van der Waals surface area contributed by atoms with Crippen LogP contribution in [-0.2, 0) is 6.54 Å². The first kappa shape index (κ1) is 21.4. The average Bonchev–Trinajstić information content (AvgIpc) is 3.02. The van der Waals surface area contributed by atoms with Crippen LogP contribution in [0.25, 0.3) is 33.1 Å². The van der Waals surface area contributed by atoms with E-state index in [4.69, 9.17) is 4.42 Å². The molecule has 6 rings (SSSR count). The minimum absolute atomic E-state index is 0.179. The number of aromatic nitrogens is 1. The van der Waals surface area contributed by atoms with Crippen LogP contribution in [0, 0.1) is 10.8 Å². The second kappa shape index (κ2) is 7.41. The van der Waals surface area contributed by atoms with Crippen LogP contribution in [0.15, 0.2) is 63.8 Å². The summed E-state index contributed by atoms with van der Waals surface area (Å²) >= 11 is 0. The summed E-state index contributed by atoms with van der Waals surface area (Å²) in [4.78, 5) is 20.2. The Hall–Kier alpha value is -3.18. The number of nitrogens with zero attached hydrogens (tertiary/aromatic N) is 2. The maximum absolute atomic E-state index is 13.1. The van der Waals surface area contributed by atoms with Crippen molar-refractivity contribution < 1.29 is 9.52 Å². The van der Waals surface area contributed by atoms with Gasteiger partial charge in [0.2, 0.25) is 0 Å². The molecule has 0 amide bonds. The number of likely N-dealkylation sites (tertiary alicyclic amines) is 1. The molecule has 174 valence electrons. The van der Waals surface area contributed by atoms with Crippen molar-refractivity contribution in [2.45, 2.75) is 52.6 Å². The van der Waals surface area contributed by atoms with Gasteiger partial charge in [-0.05, 0) is 60.4 Å². The predicted molar refractivity (Wildman–Crippen MR) is 135 cm³/mol. The molecule has 0 spiro atoms. The number of para-hydroxylation sites is 1. The Morgan fingerprint density at radius 1 is 1.06 bits per heavy atom. The van der Waals surface area contributed by atoms with Crippen molar-refractivity contribution in [3.8, 4) is 17.0 Å². The van der Waals surface area contributed by atoms with Gasteiger partial charge in [0, 0.05) is 29.9 Å². The molecule has 1 saturated heterocycles. The molecule has 3 heterocycles. The second-order valence-electron chi connectivity index (χ2n) is 11.4. The molecule has 1 N–H and O–H groups in total. The highest BCUT2D eigenvalue weighted by Gasteiger charge is 2.49. The van der Waals surface area contributed by atoms with Crippen LogP contribution in [0.4, 0.5) is 0 Å². The molecule has 2 aromatic carbocycles. The summed E-state index contributed by atoms with van der Waals surface area (Å²) in [5.41, 5.74) is 3.21. The summed E-state index contributed by atoms with van der Waals surface area (Å²) in [6.45, 7) is 8.68. The van der Waals surface area contributed by atoms with Gasteiger partial charge < -0.3 is 9.52 Å². The number of fused-ring (bicyclic) bond motifs is 4. The van der Waals surface area contributed by atoms with Gasteiger partial charge in [0.25, 0.3) is 0 Å². The molecule has 0 unspecified atom stereocenters. The van der Waals surface area contributed by atoms with Crippen molar-refractivity contribution in [3.05, 3.63) is 70.6 Å². The SMILES string of the molecule is CC1(C)C[C@@H]2C[C@](C)(CN2Cc2c(O)ccc3cc(-c4ccc5ccccc5n4)c(=O)oc23)C1. The molecule has 2 fully saturated rings. The monoisotopic (exact) mass is 454 g/mol. The highest BCUT2D eigenvalue weighted by atomic mass is 16.4. The molecule has 2 bridgehead atoms. The fraction of sp³-hybridized carbons (Fsp3) is 0.379. The van der Waals surface area contributed by atoms with E-state index in [9.17, 15) is 9.90 Å². The van der Waals surface area contributed by atoms with Gasteiger partial charge in [-0.1, -0.05) is 45.0 Å². The third-order valence-electron chi connectivity index (χ3n) is 7.74. The molecule has 1 aliphatic carbocycles. The summed E-state index contributed by atoms with van der Waals surface area (Å²) in [5.74, 6) is 0.179. The van der Waals surface area contributed by atoms with Crippen molar-refractivity contribution >= 4 is 21.9 Å². The third kappa shape index (κ3) is 3.59. The minimum atomic E-state index is -0.435. The molecule has 5 nitrogen and oxygen atoms in total. The Kier molecular flexibility index (Phi) is 4.65. The van der Waals surface area contributed by atoms with Crippen molar-refractivity contribution in [1.29, 1.82) is 0 Å². The fourth-order valence-electron chi connectivity index (χ4n) is 6.74. The maximum Gasteiger partial charge on any atom is 0.345 e. The number of aromatic hydroxyl groups is 1. The number of benzene rings is 2. The van der Waals surface area contributed by atoms with Crippen molar-refractivity contribution in [3.63, 3.8) is 0 Å². The number of hydrogen-bond donors (Lipinski definition) is 1. The Labute approximate surface area is 199 Å². The van der Waals surface area contributed by atoms with Crippen LogP contribution in [0.3, 0.4) is 0 Å². The van der Waals surface area contributed by atoms with Crippen molar-refractivity contribution in [2.24, 2.45) is 10.8 Å². The molecule has 2 aliphatic rings. The predicted octanol–water partition coefficient (Wildman–Crippen LogP) is 6.11. The lowest BCUT2D eigenvalue weighted by atomic mass is 9.65. The Morgan fingerprint density at radius 2 is 1.85 bits per heavy atom. The minimum Gasteiger partial charge on any atom is -0.507 e. The first-order chi connectivity index (χ1) is 16.2. The fourth-order valence-corrected chi connectivity index (χ4v) is 6.74. The van der Waals surface area contributed by atoms with Gasteiger partial charge in [0.1, 0.15) is 11.3 Å². The van der Waals surface area contributed by atoms with Gasteiger partial charge >= 0.3 is 5.63 Å². The van der Waals surface area contributed by atoms with E-state index < -0.39 is 5.63 Å². The lowest BCUT2D eigenvalue weighted by molar-refractivity contribution is 0.126. The number of phenols is 1. The lowest BCUT2D eigenvalue weighted by Crippen LogP contribution is -2.34. The van der Waals surface area contributed by atoms with E-state index in [1.54, 1.807) is 6.07 Å². The molecule has 1 saturated carbocycles. The smallest absolute Gasteiger partial charge is 0.345 e. The maximum atomic E-state index is 13.1. The van der Waals surface area contributed by atoms with Crippen molar-refractivity contribution in [1.82, 2.24) is 9.88 Å². The Balaban J connectivity index is 1.40. The summed E-state index contributed by atoms with van der Waals surface area (Å²) in [6.07, 6.45) is 3.55. The average molecular weight is 455 g/mol. The van der Waals surface area contributed by atoms with Crippen LogP contribution < -0.4 is 5.63 Å². The van der Waals surface area contributed by atoms with Crippen LogP contribution in [0.5, 0.6) is 5.75 Å². The molecule has 1 aliphatic heterocycles. The van der Waals surface area contributed by atoms with Gasteiger partial charge in [0.05, 0.1) is 22.3 Å². The quantitative estimate of drug-likeness (QED) is 0.378. The number of phenolic OH excluding ortho intramolecular Hbond substituents is 1. The normalized spacial score (nSPS) is 24.1. The van der Waals surface area contributed by atoms with E-state index in [0.29, 0.717) is 45.8 Å². The zero-order chi connectivity index (χ0) is 23.7. The van der Waals surface area contributed by atoms with E-state index in [2.05, 4.69) is 30.7 Å². The molecular formula is C29H30N2O3. The molecule has 2 aromatic heterocycles. The third-order valence-corrected chi connectivity index (χ3v) is 7.74. The highest BCUT2D eigenvalue weighted by molar-refractivity contribution is 5.87. The van der Waals surface area contributed by atoms with Gasteiger partial charge in [-0.3, -0.25) is 4.90 Å². The summed E-state index contributed by atoms with van der Waals surface area (Å²) < 4.78 is 5.88. The van der Waals surface area contributed by atoms with Gasteiger partial charge in [-0.25, -0.2) is 9.78 Å². The lowest BCUT2D eigenvalue weighted by Gasteiger charge is -2.40. The molecular weight excluding hydrogens is 424 g/mol. The van der Waals surface area contributed by atoms with E-state index in [1.807, 2.05) is 48.5 Å². The zero-order valence-corrected chi connectivity index (χ0v) is 20.0. The summed E-state index contributed by atoms with van der Waals surface area (Å²) in [7, 11) is 0. The molecule has 4 aromatic rings. The van der Waals surface area contributed by atoms with Crippen molar-refractivity contribution in [2.75, 3.05) is 6.54 Å². The van der Waals surface area contributed by atoms with Crippen LogP contribution in [-0.4, -0.2) is 27.6 Å². The standard InChI is InChI=1S/C29H30N2O3/c1-28(2)13-20-14-29(3,16-28)17-31(20)15-22-25(32)11-9-19-12-21(27(33)34-26(19)22)24-10-8-18-6-4-5-7-23(18)30-24/h4-12,20,32H,13-17H2,1-3H3/t20-,29+/m1/s1. The summed E-state index contributed by atoms with van der Waals surface area (Å²) in [5, 5.41) is 12.6.